The van der Waals surface area contributed by atoms with Crippen molar-refractivity contribution < 1.29 is 14.7 Å². The first-order chi connectivity index (χ1) is 11.2. The van der Waals surface area contributed by atoms with E-state index in [0.29, 0.717) is 25.9 Å². The minimum Gasteiger partial charge on any atom is -0.396 e. The Balaban J connectivity index is 1.70. The summed E-state index contributed by atoms with van der Waals surface area (Å²) >= 11 is 0. The standard InChI is InChI=1S/C18H24N2O3/c21-13-15-7-4-10-19(11-15)18(23)16-8-9-17(22)20(16)12-14-5-2-1-3-6-14/h1-3,5-6,15-16,21H,4,7-13H2. The number of hydrogen-bond acceptors (Lipinski definition) is 3. The first kappa shape index (κ1) is 16.0. The van der Waals surface area contributed by atoms with E-state index in [9.17, 15) is 14.7 Å². The lowest BCUT2D eigenvalue weighted by Gasteiger charge is -2.35. The molecule has 2 amide bonds. The van der Waals surface area contributed by atoms with Crippen LogP contribution in [0.2, 0.25) is 0 Å². The van der Waals surface area contributed by atoms with Crippen LogP contribution in [0, 0.1) is 5.92 Å². The molecular formula is C18H24N2O3. The molecule has 5 nitrogen and oxygen atoms in total. The van der Waals surface area contributed by atoms with E-state index < -0.39 is 0 Å². The van der Waals surface area contributed by atoms with E-state index in [4.69, 9.17) is 0 Å². The molecule has 1 aromatic carbocycles. The topological polar surface area (TPSA) is 60.9 Å². The van der Waals surface area contributed by atoms with Crippen molar-refractivity contribution in [3.63, 3.8) is 0 Å². The number of benzene rings is 1. The predicted molar refractivity (Wildman–Crippen MR) is 86.4 cm³/mol. The van der Waals surface area contributed by atoms with Crippen LogP contribution in [0.25, 0.3) is 0 Å². The van der Waals surface area contributed by atoms with Gasteiger partial charge in [0.1, 0.15) is 6.04 Å². The number of aliphatic hydroxyl groups is 1. The Morgan fingerprint density at radius 1 is 1.22 bits per heavy atom. The molecule has 2 aliphatic rings. The van der Waals surface area contributed by atoms with Gasteiger partial charge in [0.2, 0.25) is 11.8 Å². The molecule has 0 bridgehead atoms. The van der Waals surface area contributed by atoms with E-state index in [0.717, 1.165) is 24.9 Å². The fraction of sp³-hybridized carbons (Fsp3) is 0.556. The normalized spacial score (nSPS) is 25.0. The molecule has 0 radical (unpaired) electrons. The van der Waals surface area contributed by atoms with Gasteiger partial charge in [-0.1, -0.05) is 30.3 Å². The van der Waals surface area contributed by atoms with Gasteiger partial charge in [-0.3, -0.25) is 9.59 Å². The predicted octanol–water partition coefficient (Wildman–Crippen LogP) is 1.41. The Morgan fingerprint density at radius 3 is 2.74 bits per heavy atom. The van der Waals surface area contributed by atoms with E-state index in [1.807, 2.05) is 35.2 Å². The number of piperidine rings is 1. The molecule has 2 unspecified atom stereocenters. The summed E-state index contributed by atoms with van der Waals surface area (Å²) in [6, 6.07) is 9.46. The molecule has 2 atom stereocenters. The highest BCUT2D eigenvalue weighted by molar-refractivity contribution is 5.91. The molecule has 0 saturated carbocycles. The minimum absolute atomic E-state index is 0.0462. The smallest absolute Gasteiger partial charge is 0.245 e. The summed E-state index contributed by atoms with van der Waals surface area (Å²) in [5.74, 6) is 0.278. The van der Waals surface area contributed by atoms with Gasteiger partial charge in [-0.2, -0.15) is 0 Å². The zero-order valence-electron chi connectivity index (χ0n) is 13.4. The molecule has 1 N–H and O–H groups in total. The molecule has 0 aliphatic carbocycles. The zero-order chi connectivity index (χ0) is 16.2. The number of carbonyl (C=O) groups excluding carboxylic acids is 2. The van der Waals surface area contributed by atoms with Crippen molar-refractivity contribution in [2.45, 2.75) is 38.3 Å². The van der Waals surface area contributed by atoms with Crippen molar-refractivity contribution in [2.24, 2.45) is 5.92 Å². The molecule has 2 aliphatic heterocycles. The summed E-state index contributed by atoms with van der Waals surface area (Å²) in [7, 11) is 0. The van der Waals surface area contributed by atoms with Gasteiger partial charge in [-0.25, -0.2) is 0 Å². The van der Waals surface area contributed by atoms with E-state index in [1.165, 1.54) is 0 Å². The van der Waals surface area contributed by atoms with E-state index in [-0.39, 0.29) is 30.4 Å². The molecule has 3 rings (SSSR count). The van der Waals surface area contributed by atoms with E-state index in [2.05, 4.69) is 0 Å². The van der Waals surface area contributed by atoms with Gasteiger partial charge in [0, 0.05) is 32.7 Å². The van der Waals surface area contributed by atoms with Gasteiger partial charge in [-0.15, -0.1) is 0 Å². The third-order valence-electron chi connectivity index (χ3n) is 4.90. The van der Waals surface area contributed by atoms with Crippen LogP contribution in [0.4, 0.5) is 0 Å². The molecule has 2 saturated heterocycles. The minimum atomic E-state index is -0.347. The van der Waals surface area contributed by atoms with Crippen molar-refractivity contribution in [1.29, 1.82) is 0 Å². The summed E-state index contributed by atoms with van der Waals surface area (Å²) < 4.78 is 0. The first-order valence-electron chi connectivity index (χ1n) is 8.42. The lowest BCUT2D eigenvalue weighted by molar-refractivity contribution is -0.143. The van der Waals surface area contributed by atoms with Crippen LogP contribution in [-0.2, 0) is 16.1 Å². The molecule has 5 heteroatoms. The number of hydrogen-bond donors (Lipinski definition) is 1. The fourth-order valence-electron chi connectivity index (χ4n) is 3.59. The highest BCUT2D eigenvalue weighted by atomic mass is 16.3. The molecule has 23 heavy (non-hydrogen) atoms. The van der Waals surface area contributed by atoms with Crippen LogP contribution in [0.15, 0.2) is 30.3 Å². The van der Waals surface area contributed by atoms with Crippen molar-refractivity contribution >= 4 is 11.8 Å². The molecule has 0 spiro atoms. The lowest BCUT2D eigenvalue weighted by Crippen LogP contribution is -2.50. The maximum Gasteiger partial charge on any atom is 0.245 e. The lowest BCUT2D eigenvalue weighted by atomic mass is 9.98. The van der Waals surface area contributed by atoms with Crippen LogP contribution >= 0.6 is 0 Å². The third-order valence-corrected chi connectivity index (χ3v) is 4.90. The second kappa shape index (κ2) is 7.13. The van der Waals surface area contributed by atoms with Crippen LogP contribution < -0.4 is 0 Å². The molecule has 2 heterocycles. The van der Waals surface area contributed by atoms with Crippen LogP contribution in [-0.4, -0.2) is 52.5 Å². The number of amides is 2. The fourth-order valence-corrected chi connectivity index (χ4v) is 3.59. The van der Waals surface area contributed by atoms with Gasteiger partial charge in [0.05, 0.1) is 0 Å². The maximum absolute atomic E-state index is 12.9. The van der Waals surface area contributed by atoms with Crippen LogP contribution in [0.1, 0.15) is 31.2 Å². The van der Waals surface area contributed by atoms with E-state index in [1.54, 1.807) is 4.90 Å². The van der Waals surface area contributed by atoms with Crippen molar-refractivity contribution in [3.05, 3.63) is 35.9 Å². The van der Waals surface area contributed by atoms with Crippen molar-refractivity contribution in [2.75, 3.05) is 19.7 Å². The SMILES string of the molecule is O=C(C1CCC(=O)N1Cc1ccccc1)N1CCCC(CO)C1. The van der Waals surface area contributed by atoms with Gasteiger partial charge in [-0.05, 0) is 30.7 Å². The van der Waals surface area contributed by atoms with Gasteiger partial charge < -0.3 is 14.9 Å². The van der Waals surface area contributed by atoms with Gasteiger partial charge in [0.25, 0.3) is 0 Å². The molecule has 0 aromatic heterocycles. The monoisotopic (exact) mass is 316 g/mol. The number of aliphatic hydroxyl groups excluding tert-OH is 1. The first-order valence-corrected chi connectivity index (χ1v) is 8.42. The largest absolute Gasteiger partial charge is 0.396 e. The highest BCUT2D eigenvalue weighted by Gasteiger charge is 2.39. The summed E-state index contributed by atoms with van der Waals surface area (Å²) in [4.78, 5) is 28.6. The van der Waals surface area contributed by atoms with Gasteiger partial charge in [0.15, 0.2) is 0 Å². The summed E-state index contributed by atoms with van der Waals surface area (Å²) in [5, 5.41) is 9.34. The summed E-state index contributed by atoms with van der Waals surface area (Å²) in [6.07, 6.45) is 2.94. The number of rotatable bonds is 4. The Hall–Kier alpha value is -1.88. The maximum atomic E-state index is 12.9. The molecule has 1 aromatic rings. The Morgan fingerprint density at radius 2 is 2.00 bits per heavy atom. The van der Waals surface area contributed by atoms with Crippen LogP contribution in [0.3, 0.4) is 0 Å². The number of carbonyl (C=O) groups is 2. The Kier molecular flexibility index (Phi) is 4.96. The average molecular weight is 316 g/mol. The number of nitrogens with zero attached hydrogens (tertiary/aromatic N) is 2. The molecule has 124 valence electrons. The average Bonchev–Trinajstić information content (AvgIpc) is 2.96. The quantitative estimate of drug-likeness (QED) is 0.913. The molecule has 2 fully saturated rings. The van der Waals surface area contributed by atoms with Crippen molar-refractivity contribution in [1.82, 2.24) is 9.80 Å². The Labute approximate surface area is 136 Å². The number of likely N-dealkylation sites (tertiary alicyclic amines) is 2. The summed E-state index contributed by atoms with van der Waals surface area (Å²) in [6.45, 7) is 1.97. The van der Waals surface area contributed by atoms with Crippen molar-refractivity contribution in [3.8, 4) is 0 Å². The second-order valence-corrected chi connectivity index (χ2v) is 6.54. The third kappa shape index (κ3) is 3.55. The summed E-state index contributed by atoms with van der Waals surface area (Å²) in [5.41, 5.74) is 1.05. The second-order valence-electron chi connectivity index (χ2n) is 6.54. The van der Waals surface area contributed by atoms with Gasteiger partial charge >= 0.3 is 0 Å². The zero-order valence-corrected chi connectivity index (χ0v) is 13.4. The Bertz CT molecular complexity index is 561. The highest BCUT2D eigenvalue weighted by Crippen LogP contribution is 2.25. The molecular weight excluding hydrogens is 292 g/mol. The van der Waals surface area contributed by atoms with E-state index >= 15 is 0 Å². The van der Waals surface area contributed by atoms with Crippen LogP contribution in [0.5, 0.6) is 0 Å².